The molecule has 1 aliphatic carbocycles. The van der Waals surface area contributed by atoms with Crippen molar-refractivity contribution in [2.45, 2.75) is 96.0 Å². The molecule has 2 fully saturated rings. The maximum Gasteiger partial charge on any atom is 0.416 e. The van der Waals surface area contributed by atoms with Crippen LogP contribution in [0.2, 0.25) is 0 Å². The van der Waals surface area contributed by atoms with Gasteiger partial charge >= 0.3 is 12.3 Å². The van der Waals surface area contributed by atoms with Crippen molar-refractivity contribution in [2.24, 2.45) is 10.9 Å². The monoisotopic (exact) mass is 600 g/mol. The van der Waals surface area contributed by atoms with Crippen molar-refractivity contribution >= 4 is 27.9 Å². The zero-order chi connectivity index (χ0) is 30.1. The first kappa shape index (κ1) is 31.3. The number of aryl methyl sites for hydroxylation is 1. The minimum Gasteiger partial charge on any atom is -0.444 e. The van der Waals surface area contributed by atoms with Gasteiger partial charge in [-0.1, -0.05) is 31.4 Å². The summed E-state index contributed by atoms with van der Waals surface area (Å²) in [5.41, 5.74) is -2.60. The molecule has 2 N–H and O–H groups in total. The van der Waals surface area contributed by atoms with E-state index in [0.29, 0.717) is 0 Å². The third-order valence-electron chi connectivity index (χ3n) is 7.88. The van der Waals surface area contributed by atoms with E-state index >= 15 is 0 Å². The van der Waals surface area contributed by atoms with Crippen molar-refractivity contribution < 1.29 is 35.9 Å². The Morgan fingerprint density at radius 2 is 1.80 bits per heavy atom. The fourth-order valence-electron chi connectivity index (χ4n) is 5.66. The fourth-order valence-corrected chi connectivity index (χ4v) is 7.13. The van der Waals surface area contributed by atoms with Crippen LogP contribution < -0.4 is 10.6 Å². The van der Waals surface area contributed by atoms with E-state index in [0.717, 1.165) is 37.6 Å². The molecule has 0 aromatic heterocycles. The Balaban J connectivity index is 1.37. The summed E-state index contributed by atoms with van der Waals surface area (Å²) < 4.78 is 74.2. The molecule has 1 saturated heterocycles. The summed E-state index contributed by atoms with van der Waals surface area (Å²) in [5, 5.41) is 5.37. The van der Waals surface area contributed by atoms with E-state index in [1.165, 1.54) is 22.9 Å². The van der Waals surface area contributed by atoms with Crippen LogP contribution in [0.3, 0.4) is 0 Å². The molecule has 1 aromatic rings. The second-order valence-corrected chi connectivity index (χ2v) is 14.2. The average Bonchev–Trinajstić information content (AvgIpc) is 3.21. The van der Waals surface area contributed by atoms with Crippen LogP contribution in [0.5, 0.6) is 0 Å². The number of sulfonamides is 1. The van der Waals surface area contributed by atoms with E-state index in [2.05, 4.69) is 10.6 Å². The predicted molar refractivity (Wildman–Crippen MR) is 148 cm³/mol. The smallest absolute Gasteiger partial charge is 0.416 e. The summed E-state index contributed by atoms with van der Waals surface area (Å²) in [5.74, 6) is 0.263. The quantitative estimate of drug-likeness (QED) is 0.477. The van der Waals surface area contributed by atoms with Gasteiger partial charge in [-0.2, -0.15) is 13.2 Å². The van der Waals surface area contributed by atoms with Crippen molar-refractivity contribution in [3.05, 3.63) is 34.9 Å². The number of aliphatic imine (C=N–C) groups is 1. The molecular weight excluding hydrogens is 561 g/mol. The van der Waals surface area contributed by atoms with Gasteiger partial charge in [0.1, 0.15) is 17.0 Å². The second kappa shape index (κ2) is 11.9. The highest BCUT2D eigenvalue weighted by molar-refractivity contribution is 7.89. The lowest BCUT2D eigenvalue weighted by Crippen LogP contribution is -2.51. The maximum absolute atomic E-state index is 13.9. The molecule has 0 atom stereocenters. The van der Waals surface area contributed by atoms with Gasteiger partial charge in [-0.3, -0.25) is 9.79 Å². The van der Waals surface area contributed by atoms with Crippen LogP contribution in [0, 0.1) is 5.92 Å². The van der Waals surface area contributed by atoms with Crippen LogP contribution in [0.1, 0.15) is 82.4 Å². The van der Waals surface area contributed by atoms with Gasteiger partial charge in [0.15, 0.2) is 0 Å². The van der Waals surface area contributed by atoms with Crippen LogP contribution >= 0.6 is 0 Å². The largest absolute Gasteiger partial charge is 0.444 e. The lowest BCUT2D eigenvalue weighted by atomic mass is 9.88. The number of amidine groups is 1. The zero-order valence-electron chi connectivity index (χ0n) is 23.8. The molecule has 13 heteroatoms. The fraction of sp³-hybridized carbons (Fsp3) is 0.679. The summed E-state index contributed by atoms with van der Waals surface area (Å²) in [7, 11) is -3.88. The van der Waals surface area contributed by atoms with E-state index < -0.39 is 44.7 Å². The normalized spacial score (nSPS) is 20.5. The standard InChI is InChI=1S/C28H39F3N4O5S/c1-26(2,3)40-25(37)32-18-19-9-10-20(22(17-19)28(29,30)31)11-16-41(38,39)35-14-12-27(13-15-35)24(36)33-23(34-27)21-7-5-4-6-8-21/h9-10,17,21H,4-8,11-16,18H2,1-3H3,(H,32,37)(H,33,34,36). The number of piperidine rings is 1. The number of benzene rings is 1. The number of nitrogens with zero attached hydrogens (tertiary/aromatic N) is 2. The van der Waals surface area contributed by atoms with Gasteiger partial charge in [0.05, 0.1) is 11.3 Å². The lowest BCUT2D eigenvalue weighted by Gasteiger charge is -2.34. The number of carbonyl (C=O) groups excluding carboxylic acids is 2. The van der Waals surface area contributed by atoms with Crippen molar-refractivity contribution in [3.8, 4) is 0 Å². The van der Waals surface area contributed by atoms with Gasteiger partial charge in [-0.05, 0) is 70.1 Å². The van der Waals surface area contributed by atoms with Gasteiger partial charge in [-0.15, -0.1) is 0 Å². The Labute approximate surface area is 239 Å². The number of alkyl carbamates (subject to hydrolysis) is 1. The molecule has 0 radical (unpaired) electrons. The Kier molecular flexibility index (Phi) is 9.08. The first-order valence-corrected chi connectivity index (χ1v) is 15.7. The van der Waals surface area contributed by atoms with Gasteiger partial charge < -0.3 is 15.4 Å². The van der Waals surface area contributed by atoms with E-state index in [-0.39, 0.29) is 61.8 Å². The third kappa shape index (κ3) is 7.79. The number of halogens is 3. The van der Waals surface area contributed by atoms with Crippen LogP contribution in [0.15, 0.2) is 23.2 Å². The number of hydrogen-bond acceptors (Lipinski definition) is 6. The molecule has 9 nitrogen and oxygen atoms in total. The van der Waals surface area contributed by atoms with Gasteiger partial charge in [0.25, 0.3) is 5.91 Å². The van der Waals surface area contributed by atoms with Crippen LogP contribution in [-0.2, 0) is 38.7 Å². The minimum atomic E-state index is -4.71. The second-order valence-electron chi connectivity index (χ2n) is 12.1. The van der Waals surface area contributed by atoms with Crippen LogP contribution in [0.25, 0.3) is 0 Å². The topological polar surface area (TPSA) is 117 Å². The van der Waals surface area contributed by atoms with Crippen molar-refractivity contribution in [2.75, 3.05) is 18.8 Å². The van der Waals surface area contributed by atoms with Crippen LogP contribution in [0.4, 0.5) is 18.0 Å². The lowest BCUT2D eigenvalue weighted by molar-refractivity contribution is -0.138. The predicted octanol–water partition coefficient (Wildman–Crippen LogP) is 4.55. The number of amides is 2. The van der Waals surface area contributed by atoms with E-state index in [1.54, 1.807) is 20.8 Å². The molecule has 2 amide bonds. The Morgan fingerprint density at radius 3 is 2.41 bits per heavy atom. The molecule has 0 bridgehead atoms. The summed E-state index contributed by atoms with van der Waals surface area (Å²) in [6.07, 6.45) is 0.0219. The summed E-state index contributed by atoms with van der Waals surface area (Å²) in [4.78, 5) is 29.5. The van der Waals surface area contributed by atoms with Gasteiger partial charge in [0.2, 0.25) is 10.0 Å². The van der Waals surface area contributed by atoms with Crippen molar-refractivity contribution in [1.82, 2.24) is 14.9 Å². The molecule has 4 rings (SSSR count). The first-order chi connectivity index (χ1) is 19.1. The number of rotatable bonds is 7. The molecule has 41 heavy (non-hydrogen) atoms. The number of ether oxygens (including phenoxy) is 1. The Morgan fingerprint density at radius 1 is 1.15 bits per heavy atom. The summed E-state index contributed by atoms with van der Waals surface area (Å²) in [6.45, 7) is 5.01. The molecule has 1 saturated carbocycles. The summed E-state index contributed by atoms with van der Waals surface area (Å²) >= 11 is 0. The molecule has 1 aromatic carbocycles. The van der Waals surface area contributed by atoms with Gasteiger partial charge in [0, 0.05) is 25.6 Å². The van der Waals surface area contributed by atoms with E-state index in [1.807, 2.05) is 0 Å². The molecule has 3 aliphatic rings. The molecule has 228 valence electrons. The highest BCUT2D eigenvalue weighted by atomic mass is 32.2. The van der Waals surface area contributed by atoms with Crippen molar-refractivity contribution in [1.29, 1.82) is 0 Å². The highest BCUT2D eigenvalue weighted by Gasteiger charge is 2.48. The highest BCUT2D eigenvalue weighted by Crippen LogP contribution is 2.36. The number of nitrogens with one attached hydrogen (secondary N) is 2. The first-order valence-electron chi connectivity index (χ1n) is 14.1. The number of hydrogen-bond donors (Lipinski definition) is 2. The third-order valence-corrected chi connectivity index (χ3v) is 9.75. The molecule has 0 unspecified atom stereocenters. The summed E-state index contributed by atoms with van der Waals surface area (Å²) in [6, 6.07) is 3.60. The number of carbonyl (C=O) groups is 2. The SMILES string of the molecule is CC(C)(C)OC(=O)NCc1ccc(CCS(=O)(=O)N2CCC3(CC2)N=C(C2CCCCC2)NC3=O)c(C(F)(F)F)c1. The zero-order valence-corrected chi connectivity index (χ0v) is 24.6. The van der Waals surface area contributed by atoms with Crippen molar-refractivity contribution in [3.63, 3.8) is 0 Å². The average molecular weight is 601 g/mol. The minimum absolute atomic E-state index is 0.0819. The molecule has 2 heterocycles. The molecule has 2 aliphatic heterocycles. The molecular formula is C28H39F3N4O5S. The van der Waals surface area contributed by atoms with Crippen LogP contribution in [-0.4, -0.2) is 60.5 Å². The Bertz CT molecular complexity index is 1280. The number of alkyl halides is 3. The molecule has 1 spiro atoms. The van der Waals surface area contributed by atoms with E-state index in [4.69, 9.17) is 9.73 Å². The Hall–Kier alpha value is -2.67. The van der Waals surface area contributed by atoms with E-state index in [9.17, 15) is 31.2 Å². The van der Waals surface area contributed by atoms with Gasteiger partial charge in [-0.25, -0.2) is 17.5 Å². The maximum atomic E-state index is 13.9.